The smallest absolute Gasteiger partial charge is 0.265 e. The Hall–Kier alpha value is -2.44. The number of thiazole rings is 1. The first-order chi connectivity index (χ1) is 12.5. The number of likely N-dealkylation sites (N-methyl/N-ethyl adjacent to an activating group) is 1. The minimum Gasteiger partial charge on any atom is -0.492 e. The van der Waals surface area contributed by atoms with Crippen molar-refractivity contribution in [1.82, 2.24) is 14.9 Å². The molecule has 3 aromatic rings. The number of benzene rings is 1. The van der Waals surface area contributed by atoms with Crippen LogP contribution >= 0.6 is 22.9 Å². The molecular formula is C19H18ClN3O2S. The average Bonchev–Trinajstić information content (AvgIpc) is 3.03. The lowest BCUT2D eigenvalue weighted by Gasteiger charge is -2.17. The maximum Gasteiger partial charge on any atom is 0.265 e. The van der Waals surface area contributed by atoms with Crippen LogP contribution in [-0.2, 0) is 0 Å². The van der Waals surface area contributed by atoms with Gasteiger partial charge >= 0.3 is 0 Å². The Morgan fingerprint density at radius 1 is 1.27 bits per heavy atom. The van der Waals surface area contributed by atoms with Crippen molar-refractivity contribution in [3.63, 3.8) is 0 Å². The van der Waals surface area contributed by atoms with E-state index in [1.165, 1.54) is 11.3 Å². The summed E-state index contributed by atoms with van der Waals surface area (Å²) in [6.07, 6.45) is 1.72. The second kappa shape index (κ2) is 8.29. The number of ether oxygens (including phenoxy) is 1. The number of nitrogens with zero attached hydrogens (tertiary/aromatic N) is 3. The van der Waals surface area contributed by atoms with E-state index in [0.29, 0.717) is 34.5 Å². The van der Waals surface area contributed by atoms with Crippen LogP contribution in [0.3, 0.4) is 0 Å². The van der Waals surface area contributed by atoms with Crippen LogP contribution < -0.4 is 4.74 Å². The van der Waals surface area contributed by atoms with Gasteiger partial charge in [0, 0.05) is 18.3 Å². The highest BCUT2D eigenvalue weighted by atomic mass is 35.5. The van der Waals surface area contributed by atoms with E-state index in [1.54, 1.807) is 30.3 Å². The Bertz CT molecular complexity index is 899. The summed E-state index contributed by atoms with van der Waals surface area (Å²) >= 11 is 7.29. The molecule has 5 nitrogen and oxygen atoms in total. The molecule has 0 radical (unpaired) electrons. The van der Waals surface area contributed by atoms with Gasteiger partial charge in [-0.05, 0) is 37.3 Å². The van der Waals surface area contributed by atoms with Crippen LogP contribution in [0.1, 0.15) is 15.4 Å². The van der Waals surface area contributed by atoms with Crippen LogP contribution in [0.2, 0.25) is 5.02 Å². The predicted molar refractivity (Wildman–Crippen MR) is 104 cm³/mol. The minimum atomic E-state index is -0.0723. The van der Waals surface area contributed by atoms with E-state index in [0.717, 1.165) is 10.7 Å². The summed E-state index contributed by atoms with van der Waals surface area (Å²) < 4.78 is 5.65. The molecule has 0 unspecified atom stereocenters. The van der Waals surface area contributed by atoms with E-state index < -0.39 is 0 Å². The zero-order valence-corrected chi connectivity index (χ0v) is 16.0. The van der Waals surface area contributed by atoms with Crippen molar-refractivity contribution in [1.29, 1.82) is 0 Å². The molecule has 2 heterocycles. The van der Waals surface area contributed by atoms with Crippen molar-refractivity contribution in [3.05, 3.63) is 64.3 Å². The van der Waals surface area contributed by atoms with Crippen molar-refractivity contribution < 1.29 is 9.53 Å². The quantitative estimate of drug-likeness (QED) is 0.632. The zero-order valence-electron chi connectivity index (χ0n) is 14.5. The highest BCUT2D eigenvalue weighted by Gasteiger charge is 2.20. The van der Waals surface area contributed by atoms with Gasteiger partial charge in [-0.3, -0.25) is 9.78 Å². The summed E-state index contributed by atoms with van der Waals surface area (Å²) in [5.41, 5.74) is 1.48. The van der Waals surface area contributed by atoms with Gasteiger partial charge in [-0.2, -0.15) is 0 Å². The lowest BCUT2D eigenvalue weighted by atomic mass is 10.3. The summed E-state index contributed by atoms with van der Waals surface area (Å²) in [5, 5.41) is 1.37. The van der Waals surface area contributed by atoms with Gasteiger partial charge in [0.15, 0.2) is 0 Å². The van der Waals surface area contributed by atoms with Crippen molar-refractivity contribution in [2.45, 2.75) is 6.92 Å². The van der Waals surface area contributed by atoms with Crippen molar-refractivity contribution >= 4 is 28.8 Å². The van der Waals surface area contributed by atoms with Crippen LogP contribution in [0.4, 0.5) is 0 Å². The first-order valence-corrected chi connectivity index (χ1v) is 9.26. The maximum atomic E-state index is 12.7. The highest BCUT2D eigenvalue weighted by Crippen LogP contribution is 2.27. The van der Waals surface area contributed by atoms with Gasteiger partial charge in [0.25, 0.3) is 5.91 Å². The third-order valence-corrected chi connectivity index (χ3v) is 5.12. The second-order valence-corrected chi connectivity index (χ2v) is 7.12. The number of rotatable bonds is 6. The van der Waals surface area contributed by atoms with Gasteiger partial charge < -0.3 is 9.64 Å². The summed E-state index contributed by atoms with van der Waals surface area (Å²) in [6, 6.07) is 12.8. The fraction of sp³-hybridized carbons (Fsp3) is 0.211. The first-order valence-electron chi connectivity index (χ1n) is 8.07. The SMILES string of the molecule is Cc1nc(-c2ccccn2)sc1C(=O)N(C)CCOc1cccc(Cl)c1. The van der Waals surface area contributed by atoms with E-state index in [-0.39, 0.29) is 5.91 Å². The van der Waals surface area contributed by atoms with E-state index in [2.05, 4.69) is 9.97 Å². The molecule has 134 valence electrons. The summed E-state index contributed by atoms with van der Waals surface area (Å²) in [5.74, 6) is 0.613. The standard InChI is InChI=1S/C19H18ClN3O2S/c1-13-17(26-18(22-13)16-8-3-4-9-21-16)19(24)23(2)10-11-25-15-7-5-6-14(20)12-15/h3-9,12H,10-11H2,1-2H3. The van der Waals surface area contributed by atoms with Gasteiger partial charge in [-0.1, -0.05) is 23.7 Å². The molecule has 1 amide bonds. The number of carbonyl (C=O) groups excluding carboxylic acids is 1. The van der Waals surface area contributed by atoms with Crippen LogP contribution in [0.5, 0.6) is 5.75 Å². The molecule has 0 N–H and O–H groups in total. The highest BCUT2D eigenvalue weighted by molar-refractivity contribution is 7.17. The van der Waals surface area contributed by atoms with Crippen molar-refractivity contribution in [2.24, 2.45) is 0 Å². The fourth-order valence-corrected chi connectivity index (χ4v) is 3.54. The maximum absolute atomic E-state index is 12.7. The van der Waals surface area contributed by atoms with Crippen LogP contribution in [0.15, 0.2) is 48.7 Å². The van der Waals surface area contributed by atoms with Crippen molar-refractivity contribution in [3.8, 4) is 16.5 Å². The molecule has 0 aliphatic rings. The summed E-state index contributed by atoms with van der Waals surface area (Å²) in [6.45, 7) is 2.68. The van der Waals surface area contributed by atoms with E-state index in [4.69, 9.17) is 16.3 Å². The lowest BCUT2D eigenvalue weighted by molar-refractivity contribution is 0.0777. The molecule has 0 saturated heterocycles. The number of carbonyl (C=O) groups is 1. The molecule has 3 rings (SSSR count). The number of pyridine rings is 1. The van der Waals surface area contributed by atoms with Gasteiger partial charge in [0.1, 0.15) is 22.2 Å². The number of halogens is 1. The summed E-state index contributed by atoms with van der Waals surface area (Å²) in [7, 11) is 1.75. The topological polar surface area (TPSA) is 55.3 Å². The number of hydrogen-bond donors (Lipinski definition) is 0. The third-order valence-electron chi connectivity index (χ3n) is 3.71. The molecule has 1 aromatic carbocycles. The Labute approximate surface area is 161 Å². The van der Waals surface area contributed by atoms with Gasteiger partial charge in [0.2, 0.25) is 0 Å². The first kappa shape index (κ1) is 18.4. The molecule has 0 atom stereocenters. The molecule has 26 heavy (non-hydrogen) atoms. The number of amides is 1. The predicted octanol–water partition coefficient (Wildman–Crippen LogP) is 4.32. The Kier molecular flexibility index (Phi) is 5.85. The molecular weight excluding hydrogens is 370 g/mol. The lowest BCUT2D eigenvalue weighted by Crippen LogP contribution is -2.30. The number of aryl methyl sites for hydroxylation is 1. The molecule has 0 aliphatic carbocycles. The van der Waals surface area contributed by atoms with Gasteiger partial charge in [-0.25, -0.2) is 4.98 Å². The van der Waals surface area contributed by atoms with Crippen LogP contribution in [0, 0.1) is 6.92 Å². The summed E-state index contributed by atoms with van der Waals surface area (Å²) in [4.78, 5) is 23.7. The van der Waals surface area contributed by atoms with E-state index >= 15 is 0 Å². The molecule has 0 saturated carbocycles. The average molecular weight is 388 g/mol. The van der Waals surface area contributed by atoms with Gasteiger partial charge in [0.05, 0.1) is 17.9 Å². The molecule has 0 aliphatic heterocycles. The van der Waals surface area contributed by atoms with Crippen LogP contribution in [-0.4, -0.2) is 41.0 Å². The molecule has 2 aromatic heterocycles. The Morgan fingerprint density at radius 3 is 2.85 bits per heavy atom. The molecule has 0 fully saturated rings. The monoisotopic (exact) mass is 387 g/mol. The van der Waals surface area contributed by atoms with Crippen molar-refractivity contribution in [2.75, 3.05) is 20.2 Å². The Morgan fingerprint density at radius 2 is 2.12 bits per heavy atom. The Balaban J connectivity index is 1.62. The zero-order chi connectivity index (χ0) is 18.5. The normalized spacial score (nSPS) is 10.6. The number of aromatic nitrogens is 2. The third kappa shape index (κ3) is 4.39. The second-order valence-electron chi connectivity index (χ2n) is 5.68. The van der Waals surface area contributed by atoms with E-state index in [9.17, 15) is 4.79 Å². The largest absolute Gasteiger partial charge is 0.492 e. The van der Waals surface area contributed by atoms with Gasteiger partial charge in [-0.15, -0.1) is 11.3 Å². The van der Waals surface area contributed by atoms with Crippen LogP contribution in [0.25, 0.3) is 10.7 Å². The van der Waals surface area contributed by atoms with E-state index in [1.807, 2.05) is 37.3 Å². The fourth-order valence-electron chi connectivity index (χ4n) is 2.33. The number of hydrogen-bond acceptors (Lipinski definition) is 5. The molecule has 0 spiro atoms. The minimum absolute atomic E-state index is 0.0723. The molecule has 0 bridgehead atoms. The molecule has 7 heteroatoms.